The number of carbonyl (C=O) groups is 1. The van der Waals surface area contributed by atoms with Crippen LogP contribution in [0.1, 0.15) is 16.8 Å². The standard InChI is InChI=1S/C26H27ClN4O4S2.ClH/c1-30(2)15-8-16-31(26-28-23-22(35-3)14-13-21(27)24(23)36-26)25(32)18-9-7-10-19(17-18)29-37(33,34)20-11-5-4-6-12-20;/h4-7,9-14,17,29H,8,15-16H2,1-3H3;1H. The lowest BCUT2D eigenvalue weighted by atomic mass is 10.1. The zero-order chi connectivity index (χ0) is 26.6. The first-order chi connectivity index (χ1) is 17.7. The SMILES string of the molecule is COc1ccc(Cl)c2sc(N(CCCN(C)C)C(=O)c3cccc(NS(=O)(=O)c4ccccc4)c3)nc12.Cl. The van der Waals surface area contributed by atoms with Crippen LogP contribution in [0.3, 0.4) is 0 Å². The summed E-state index contributed by atoms with van der Waals surface area (Å²) in [7, 11) is 1.70. The predicted molar refractivity (Wildman–Crippen MR) is 157 cm³/mol. The van der Waals surface area contributed by atoms with Crippen LogP contribution in [0.15, 0.2) is 71.6 Å². The van der Waals surface area contributed by atoms with E-state index in [1.165, 1.54) is 29.5 Å². The number of carbonyl (C=O) groups excluding carboxylic acids is 1. The van der Waals surface area contributed by atoms with Gasteiger partial charge in [-0.1, -0.05) is 47.2 Å². The number of ether oxygens (including phenoxy) is 1. The first kappa shape index (κ1) is 29.7. The molecule has 4 aromatic rings. The van der Waals surface area contributed by atoms with Crippen molar-refractivity contribution in [2.75, 3.05) is 43.9 Å². The third kappa shape index (κ3) is 6.75. The molecule has 12 heteroatoms. The van der Waals surface area contributed by atoms with Gasteiger partial charge in [-0.05, 0) is 69.5 Å². The number of fused-ring (bicyclic) bond motifs is 1. The Bertz CT molecular complexity index is 1510. The Kier molecular flexibility index (Phi) is 9.97. The summed E-state index contributed by atoms with van der Waals surface area (Å²) < 4.78 is 34.3. The quantitative estimate of drug-likeness (QED) is 0.250. The topological polar surface area (TPSA) is 91.8 Å². The van der Waals surface area contributed by atoms with Gasteiger partial charge in [0.2, 0.25) is 0 Å². The van der Waals surface area contributed by atoms with Crippen molar-refractivity contribution in [3.63, 3.8) is 0 Å². The van der Waals surface area contributed by atoms with Crippen molar-refractivity contribution in [3.05, 3.63) is 77.3 Å². The molecule has 0 spiro atoms. The number of aromatic nitrogens is 1. The summed E-state index contributed by atoms with van der Waals surface area (Å²) in [4.78, 5) is 22.2. The Morgan fingerprint density at radius 1 is 1.05 bits per heavy atom. The van der Waals surface area contributed by atoms with Gasteiger partial charge >= 0.3 is 0 Å². The van der Waals surface area contributed by atoms with E-state index in [0.29, 0.717) is 39.9 Å². The maximum absolute atomic E-state index is 13.8. The number of methoxy groups -OCH3 is 1. The van der Waals surface area contributed by atoms with E-state index in [2.05, 4.69) is 4.72 Å². The van der Waals surface area contributed by atoms with Crippen molar-refractivity contribution in [1.82, 2.24) is 9.88 Å². The van der Waals surface area contributed by atoms with Gasteiger partial charge in [-0.2, -0.15) is 0 Å². The second-order valence-corrected chi connectivity index (χ2v) is 11.6. The van der Waals surface area contributed by atoms with Gasteiger partial charge in [0.25, 0.3) is 15.9 Å². The fourth-order valence-corrected chi connectivity index (χ4v) is 6.09. The van der Waals surface area contributed by atoms with E-state index in [4.69, 9.17) is 21.3 Å². The smallest absolute Gasteiger partial charge is 0.261 e. The summed E-state index contributed by atoms with van der Waals surface area (Å²) in [6.45, 7) is 1.19. The average Bonchev–Trinajstić information content (AvgIpc) is 3.33. The van der Waals surface area contributed by atoms with Gasteiger partial charge in [-0.25, -0.2) is 13.4 Å². The molecule has 0 saturated carbocycles. The van der Waals surface area contributed by atoms with E-state index in [-0.39, 0.29) is 28.9 Å². The lowest BCUT2D eigenvalue weighted by molar-refractivity contribution is 0.0986. The molecule has 1 amide bonds. The molecule has 202 valence electrons. The highest BCUT2D eigenvalue weighted by atomic mass is 35.5. The van der Waals surface area contributed by atoms with Gasteiger partial charge in [0.1, 0.15) is 11.3 Å². The molecule has 0 aliphatic rings. The van der Waals surface area contributed by atoms with Gasteiger partial charge in [0, 0.05) is 17.8 Å². The minimum absolute atomic E-state index is 0. The molecule has 1 heterocycles. The van der Waals surface area contributed by atoms with Crippen molar-refractivity contribution >= 4 is 72.3 Å². The summed E-state index contributed by atoms with van der Waals surface area (Å²) in [5, 5.41) is 1.01. The third-order valence-corrected chi connectivity index (χ3v) is 8.48. The number of amides is 1. The molecule has 0 fully saturated rings. The zero-order valence-electron chi connectivity index (χ0n) is 21.0. The molecule has 0 atom stereocenters. The normalized spacial score (nSPS) is 11.3. The number of anilines is 2. The van der Waals surface area contributed by atoms with Gasteiger partial charge in [0.15, 0.2) is 5.13 Å². The number of rotatable bonds is 10. The molecule has 0 saturated heterocycles. The van der Waals surface area contributed by atoms with Crippen LogP contribution >= 0.6 is 35.3 Å². The minimum atomic E-state index is -3.80. The van der Waals surface area contributed by atoms with Crippen molar-refractivity contribution < 1.29 is 17.9 Å². The Balaban J connectivity index is 0.00000400. The third-order valence-electron chi connectivity index (χ3n) is 5.55. The summed E-state index contributed by atoms with van der Waals surface area (Å²) in [6.07, 6.45) is 0.708. The molecule has 8 nitrogen and oxygen atoms in total. The molecule has 38 heavy (non-hydrogen) atoms. The van der Waals surface area contributed by atoms with Gasteiger partial charge in [-0.15, -0.1) is 12.4 Å². The maximum atomic E-state index is 13.8. The molecule has 0 radical (unpaired) electrons. The van der Waals surface area contributed by atoms with Crippen LogP contribution in [-0.2, 0) is 10.0 Å². The van der Waals surface area contributed by atoms with E-state index in [1.807, 2.05) is 19.0 Å². The Labute approximate surface area is 237 Å². The highest BCUT2D eigenvalue weighted by molar-refractivity contribution is 7.92. The van der Waals surface area contributed by atoms with Gasteiger partial charge in [-0.3, -0.25) is 14.4 Å². The van der Waals surface area contributed by atoms with E-state index < -0.39 is 10.0 Å². The fraction of sp³-hybridized carbons (Fsp3) is 0.231. The number of nitrogens with zero attached hydrogens (tertiary/aromatic N) is 3. The zero-order valence-corrected chi connectivity index (χ0v) is 24.3. The second kappa shape index (κ2) is 12.8. The molecule has 1 aromatic heterocycles. The fourth-order valence-electron chi connectivity index (χ4n) is 3.74. The molecule has 4 rings (SSSR count). The van der Waals surface area contributed by atoms with Crippen LogP contribution in [0, 0.1) is 0 Å². The number of hydrogen-bond donors (Lipinski definition) is 1. The van der Waals surface area contributed by atoms with Crippen molar-refractivity contribution in [2.24, 2.45) is 0 Å². The molecule has 0 aliphatic heterocycles. The molecule has 0 bridgehead atoms. The largest absolute Gasteiger partial charge is 0.494 e. The number of sulfonamides is 1. The van der Waals surface area contributed by atoms with Gasteiger partial charge in [0.05, 0.1) is 21.7 Å². The Morgan fingerprint density at radius 3 is 2.47 bits per heavy atom. The second-order valence-electron chi connectivity index (χ2n) is 8.54. The highest BCUT2D eigenvalue weighted by Gasteiger charge is 2.24. The van der Waals surface area contributed by atoms with E-state index in [1.54, 1.807) is 60.5 Å². The van der Waals surface area contributed by atoms with E-state index in [9.17, 15) is 13.2 Å². The Morgan fingerprint density at radius 2 is 1.79 bits per heavy atom. The van der Waals surface area contributed by atoms with Crippen molar-refractivity contribution in [1.29, 1.82) is 0 Å². The summed E-state index contributed by atoms with van der Waals surface area (Å²) in [6, 6.07) is 18.0. The van der Waals surface area contributed by atoms with E-state index >= 15 is 0 Å². The maximum Gasteiger partial charge on any atom is 0.261 e. The van der Waals surface area contributed by atoms with Gasteiger partial charge < -0.3 is 9.64 Å². The van der Waals surface area contributed by atoms with Crippen LogP contribution in [0.2, 0.25) is 5.02 Å². The lowest BCUT2D eigenvalue weighted by Crippen LogP contribution is -2.33. The number of thiazole rings is 1. The first-order valence-corrected chi connectivity index (χ1v) is 14.1. The molecule has 0 unspecified atom stereocenters. The van der Waals surface area contributed by atoms with Crippen LogP contribution < -0.4 is 14.4 Å². The minimum Gasteiger partial charge on any atom is -0.494 e. The van der Waals surface area contributed by atoms with E-state index in [0.717, 1.165) is 11.2 Å². The number of halogens is 2. The molecular formula is C26H28Cl2N4O4S2. The number of hydrogen-bond acceptors (Lipinski definition) is 7. The molecule has 3 aromatic carbocycles. The number of benzene rings is 3. The number of nitrogens with one attached hydrogen (secondary N) is 1. The monoisotopic (exact) mass is 594 g/mol. The van der Waals surface area contributed by atoms with Crippen molar-refractivity contribution in [2.45, 2.75) is 11.3 Å². The average molecular weight is 596 g/mol. The first-order valence-electron chi connectivity index (χ1n) is 11.5. The molecule has 1 N–H and O–H groups in total. The lowest BCUT2D eigenvalue weighted by Gasteiger charge is -2.21. The summed E-state index contributed by atoms with van der Waals surface area (Å²) in [5.41, 5.74) is 1.21. The summed E-state index contributed by atoms with van der Waals surface area (Å²) >= 11 is 7.73. The van der Waals surface area contributed by atoms with Crippen LogP contribution in [-0.4, -0.2) is 58.5 Å². The van der Waals surface area contributed by atoms with Crippen molar-refractivity contribution in [3.8, 4) is 5.75 Å². The molecule has 0 aliphatic carbocycles. The predicted octanol–water partition coefficient (Wildman–Crippen LogP) is 5.78. The molecular weight excluding hydrogens is 567 g/mol. The Hall–Kier alpha value is -2.89. The van der Waals surface area contributed by atoms with Crippen LogP contribution in [0.5, 0.6) is 5.75 Å². The highest BCUT2D eigenvalue weighted by Crippen LogP contribution is 2.39. The summed E-state index contributed by atoms with van der Waals surface area (Å²) in [5.74, 6) is 0.272. The van der Waals surface area contributed by atoms with Crippen LogP contribution in [0.25, 0.3) is 10.2 Å². The van der Waals surface area contributed by atoms with Crippen LogP contribution in [0.4, 0.5) is 10.8 Å².